The number of hydrogen-bond acceptors (Lipinski definition) is 2. The van der Waals surface area contributed by atoms with Crippen LogP contribution in [0.15, 0.2) is 0 Å². The molecule has 1 fully saturated rings. The van der Waals surface area contributed by atoms with Crippen molar-refractivity contribution in [2.24, 2.45) is 0 Å². The summed E-state index contributed by atoms with van der Waals surface area (Å²) in [6, 6.07) is 0. The van der Waals surface area contributed by atoms with Crippen molar-refractivity contribution in [3.05, 3.63) is 0 Å². The maximum Gasteiger partial charge on any atom is 0.314 e. The first-order valence-electron chi connectivity index (χ1n) is 5.44. The second-order valence-electron chi connectivity index (χ2n) is 5.14. The lowest BCUT2D eigenvalue weighted by molar-refractivity contribution is 0.327. The van der Waals surface area contributed by atoms with Gasteiger partial charge in [-0.2, -0.15) is 0 Å². The van der Waals surface area contributed by atoms with Gasteiger partial charge in [0.25, 0.3) is 0 Å². The molecule has 0 aromatic heterocycles. The topological polar surface area (TPSA) is 6.48 Å². The lowest BCUT2D eigenvalue weighted by Gasteiger charge is -2.33. The van der Waals surface area contributed by atoms with Crippen molar-refractivity contribution in [3.8, 4) is 0 Å². The van der Waals surface area contributed by atoms with Crippen LogP contribution in [0.4, 0.5) is 0 Å². The van der Waals surface area contributed by atoms with Crippen LogP contribution in [0.2, 0.25) is 19.6 Å². The summed E-state index contributed by atoms with van der Waals surface area (Å²) in [5, 5.41) is 0. The van der Waals surface area contributed by atoms with Crippen molar-refractivity contribution < 1.29 is 0 Å². The van der Waals surface area contributed by atoms with Gasteiger partial charge in [0, 0.05) is 6.54 Å². The molecule has 1 aliphatic rings. The van der Waals surface area contributed by atoms with Gasteiger partial charge < -0.3 is 8.45 Å². The van der Waals surface area contributed by atoms with E-state index in [-0.39, 0.29) is 0 Å². The summed E-state index contributed by atoms with van der Waals surface area (Å²) >= 11 is 1.25. The Bertz CT molecular complexity index is 152. The molecular weight excluding hydrogens is 191 g/mol. The highest BCUT2D eigenvalue weighted by atomic mass is 28.3. The summed E-state index contributed by atoms with van der Waals surface area (Å²) in [4.78, 5) is 2.62. The van der Waals surface area contributed by atoms with Crippen LogP contribution < -0.4 is 0 Å². The first-order valence-corrected chi connectivity index (χ1v) is 9.78. The van der Waals surface area contributed by atoms with E-state index in [4.69, 9.17) is 0 Å². The van der Waals surface area contributed by atoms with Crippen molar-refractivity contribution in [3.63, 3.8) is 0 Å². The predicted octanol–water partition coefficient (Wildman–Crippen LogP) is 0.767. The van der Waals surface area contributed by atoms with E-state index < -0.39 is 8.24 Å². The summed E-state index contributed by atoms with van der Waals surface area (Å²) in [6.45, 7) is 12.7. The minimum atomic E-state index is -0.964. The predicted molar refractivity (Wildman–Crippen MR) is 64.3 cm³/mol. The molecule has 76 valence electrons. The first kappa shape index (κ1) is 11.7. The Morgan fingerprint density at radius 1 is 1.23 bits per heavy atom. The van der Waals surface area contributed by atoms with Gasteiger partial charge in [-0.25, -0.2) is 0 Å². The van der Waals surface area contributed by atoms with Gasteiger partial charge in [0.05, 0.1) is 8.24 Å². The molecule has 0 unspecified atom stereocenters. The number of hydrogen-bond donors (Lipinski definition) is 0. The Kier molecular flexibility index (Phi) is 4.47. The molecule has 0 spiro atoms. The van der Waals surface area contributed by atoms with Crippen molar-refractivity contribution in [2.75, 3.05) is 26.2 Å². The molecule has 1 heterocycles. The molecule has 0 N–H and O–H groups in total. The maximum atomic E-state index is 2.71. The van der Waals surface area contributed by atoms with Crippen molar-refractivity contribution in [2.45, 2.75) is 32.5 Å². The van der Waals surface area contributed by atoms with Crippen molar-refractivity contribution in [1.82, 2.24) is 8.45 Å². The average molecular weight is 214 g/mol. The molecule has 0 aromatic carbocycles. The molecule has 0 aromatic rings. The number of rotatable bonds is 4. The molecule has 4 heteroatoms. The molecule has 1 saturated heterocycles. The number of nitrogens with zero attached hydrogens (tertiary/aromatic N) is 2. The zero-order valence-electron chi connectivity index (χ0n) is 9.64. The van der Waals surface area contributed by atoms with Crippen LogP contribution in [-0.2, 0) is 0 Å². The van der Waals surface area contributed by atoms with Gasteiger partial charge >= 0.3 is 16.5 Å². The lowest BCUT2D eigenvalue weighted by Crippen LogP contribution is -2.47. The van der Waals surface area contributed by atoms with Crippen LogP contribution >= 0.6 is 0 Å². The van der Waals surface area contributed by atoms with E-state index in [0.29, 0.717) is 0 Å². The van der Waals surface area contributed by atoms with E-state index in [1.54, 1.807) is 0 Å². The normalized spacial score (nSPS) is 20.0. The van der Waals surface area contributed by atoms with Crippen LogP contribution in [0.25, 0.3) is 0 Å². The second-order valence-corrected chi connectivity index (χ2v) is 12.2. The summed E-state index contributed by atoms with van der Waals surface area (Å²) in [5.41, 5.74) is 0. The zero-order chi connectivity index (χ0) is 9.90. The molecule has 1 aliphatic heterocycles. The lowest BCUT2D eigenvalue weighted by atomic mass is 10.4. The standard InChI is InChI=1S/C9H21N2Si.Al.2H/c1-12(2,3)10-6-9-11-7-4-5-8-11;;;/h4-9H2,1-3H3;;;/q-1;+1;;. The summed E-state index contributed by atoms with van der Waals surface area (Å²) in [7, 11) is -0.964. The van der Waals surface area contributed by atoms with E-state index in [1.807, 2.05) is 0 Å². The highest BCUT2D eigenvalue weighted by Gasteiger charge is 2.19. The van der Waals surface area contributed by atoms with Gasteiger partial charge in [-0.3, -0.25) is 0 Å². The third kappa shape index (κ3) is 4.14. The van der Waals surface area contributed by atoms with Crippen LogP contribution in [0.3, 0.4) is 0 Å². The molecule has 0 atom stereocenters. The van der Waals surface area contributed by atoms with Crippen LogP contribution in [0.1, 0.15) is 12.8 Å². The van der Waals surface area contributed by atoms with E-state index in [9.17, 15) is 0 Å². The quantitative estimate of drug-likeness (QED) is 0.638. The molecule has 0 radical (unpaired) electrons. The van der Waals surface area contributed by atoms with Crippen LogP contribution in [-0.4, -0.2) is 59.4 Å². The van der Waals surface area contributed by atoms with E-state index >= 15 is 0 Å². The highest BCUT2D eigenvalue weighted by Crippen LogP contribution is 2.09. The van der Waals surface area contributed by atoms with Crippen LogP contribution in [0, 0.1) is 0 Å². The van der Waals surface area contributed by atoms with E-state index in [0.717, 1.165) is 0 Å². The van der Waals surface area contributed by atoms with Crippen molar-refractivity contribution >= 4 is 24.7 Å². The van der Waals surface area contributed by atoms with Gasteiger partial charge in [0.1, 0.15) is 0 Å². The molecule has 2 nitrogen and oxygen atoms in total. The van der Waals surface area contributed by atoms with E-state index in [1.165, 1.54) is 55.5 Å². The Morgan fingerprint density at radius 3 is 2.23 bits per heavy atom. The fourth-order valence-corrected chi connectivity index (χ4v) is 2.60. The zero-order valence-corrected chi connectivity index (χ0v) is 12.6. The minimum absolute atomic E-state index is 0.964. The number of likely N-dealkylation sites (tertiary alicyclic amines) is 1. The third-order valence-corrected chi connectivity index (χ3v) is 10.1. The molecule has 0 bridgehead atoms. The fourth-order valence-electron chi connectivity index (χ4n) is 1.63. The summed E-state index contributed by atoms with van der Waals surface area (Å²) in [6.07, 6.45) is 2.85. The largest absolute Gasteiger partial charge is 0.413 e. The molecular formula is C9H23AlN2Si. The fraction of sp³-hybridized carbons (Fsp3) is 1.00. The van der Waals surface area contributed by atoms with Gasteiger partial charge in [-0.15, -0.1) is 0 Å². The smallest absolute Gasteiger partial charge is 0.314 e. The first-order chi connectivity index (χ1) is 6.00. The van der Waals surface area contributed by atoms with Gasteiger partial charge in [-0.1, -0.05) is 19.6 Å². The van der Waals surface area contributed by atoms with Gasteiger partial charge in [0.15, 0.2) is 0 Å². The Morgan fingerprint density at radius 2 is 1.77 bits per heavy atom. The van der Waals surface area contributed by atoms with Crippen LogP contribution in [0.5, 0.6) is 0 Å². The van der Waals surface area contributed by atoms with Gasteiger partial charge in [0.2, 0.25) is 0 Å². The third-order valence-electron chi connectivity index (χ3n) is 3.10. The Balaban J connectivity index is 2.17. The Labute approximate surface area is 92.0 Å². The SMILES string of the molecule is C[Si](C)(C)[N]([AlH2])CCN1CCCC1. The molecule has 0 amide bonds. The maximum absolute atomic E-state index is 2.71. The Hall–Kier alpha value is 0.669. The second kappa shape index (κ2) is 4.95. The monoisotopic (exact) mass is 214 g/mol. The minimum Gasteiger partial charge on any atom is -0.413 e. The molecule has 0 aliphatic carbocycles. The average Bonchev–Trinajstić information content (AvgIpc) is 2.50. The molecule has 1 rings (SSSR count). The molecule has 0 saturated carbocycles. The van der Waals surface area contributed by atoms with Crippen molar-refractivity contribution in [1.29, 1.82) is 0 Å². The van der Waals surface area contributed by atoms with E-state index in [2.05, 4.69) is 28.1 Å². The highest BCUT2D eigenvalue weighted by molar-refractivity contribution is 6.77. The summed E-state index contributed by atoms with van der Waals surface area (Å²) in [5.74, 6) is 0. The van der Waals surface area contributed by atoms with Gasteiger partial charge in [-0.05, 0) is 32.5 Å². The molecule has 13 heavy (non-hydrogen) atoms. The summed E-state index contributed by atoms with van der Waals surface area (Å²) < 4.78 is 2.71.